The second-order valence-corrected chi connectivity index (χ2v) is 5.44. The van der Waals surface area contributed by atoms with Gasteiger partial charge in [0.25, 0.3) is 0 Å². The summed E-state index contributed by atoms with van der Waals surface area (Å²) in [7, 11) is 0. The van der Waals surface area contributed by atoms with Crippen molar-refractivity contribution in [3.63, 3.8) is 0 Å². The second kappa shape index (κ2) is 7.74. The summed E-state index contributed by atoms with van der Waals surface area (Å²) in [6, 6.07) is 0. The Morgan fingerprint density at radius 3 is 2.71 bits per heavy atom. The minimum atomic E-state index is 0.905. The molecule has 2 rings (SSSR count). The van der Waals surface area contributed by atoms with Gasteiger partial charge in [-0.3, -0.25) is 4.90 Å². The van der Waals surface area contributed by atoms with E-state index in [0.29, 0.717) is 0 Å². The van der Waals surface area contributed by atoms with Crippen LogP contribution in [0, 0.1) is 17.8 Å². The lowest BCUT2D eigenvalue weighted by Gasteiger charge is -2.19. The number of nitrogens with one attached hydrogen (secondary N) is 1. The molecule has 0 spiro atoms. The summed E-state index contributed by atoms with van der Waals surface area (Å²) >= 11 is 0. The molecule has 0 aromatic rings. The molecule has 0 bridgehead atoms. The maximum absolute atomic E-state index is 3.43. The average Bonchev–Trinajstić information content (AvgIpc) is 2.65. The fourth-order valence-corrected chi connectivity index (χ4v) is 2.84. The molecule has 0 amide bonds. The molecular weight excluding hydrogens is 208 g/mol. The Hall–Kier alpha value is -0.520. The van der Waals surface area contributed by atoms with E-state index in [0.717, 1.165) is 32.0 Å². The largest absolute Gasteiger partial charge is 0.315 e. The SMILES string of the molecule is C(#CCN1CCCNCC1)CC1CCCCC1. The molecule has 2 heteroatoms. The Kier molecular flexibility index (Phi) is 5.88. The molecule has 96 valence electrons. The summed E-state index contributed by atoms with van der Waals surface area (Å²) in [5, 5.41) is 3.43. The van der Waals surface area contributed by atoms with Gasteiger partial charge in [-0.2, -0.15) is 0 Å². The van der Waals surface area contributed by atoms with Crippen LogP contribution in [0.3, 0.4) is 0 Å². The van der Waals surface area contributed by atoms with Crippen LogP contribution in [-0.4, -0.2) is 37.6 Å². The Balaban J connectivity index is 1.62. The lowest BCUT2D eigenvalue weighted by atomic mass is 9.87. The topological polar surface area (TPSA) is 15.3 Å². The molecule has 0 atom stereocenters. The van der Waals surface area contributed by atoms with Crippen LogP contribution in [0.4, 0.5) is 0 Å². The van der Waals surface area contributed by atoms with Gasteiger partial charge in [0.15, 0.2) is 0 Å². The van der Waals surface area contributed by atoms with E-state index in [2.05, 4.69) is 22.1 Å². The Bertz CT molecular complexity index is 250. The summed E-state index contributed by atoms with van der Waals surface area (Å²) in [5.41, 5.74) is 0. The molecule has 1 saturated carbocycles. The van der Waals surface area contributed by atoms with Gasteiger partial charge >= 0.3 is 0 Å². The average molecular weight is 234 g/mol. The molecule has 0 aromatic heterocycles. The molecule has 0 unspecified atom stereocenters. The third-order valence-corrected chi connectivity index (χ3v) is 3.98. The first-order valence-electron chi connectivity index (χ1n) is 7.34. The highest BCUT2D eigenvalue weighted by molar-refractivity contribution is 5.02. The summed E-state index contributed by atoms with van der Waals surface area (Å²) < 4.78 is 0. The molecule has 1 N–H and O–H groups in total. The van der Waals surface area contributed by atoms with Crippen molar-refractivity contribution in [2.75, 3.05) is 32.7 Å². The van der Waals surface area contributed by atoms with E-state index in [-0.39, 0.29) is 0 Å². The zero-order chi connectivity index (χ0) is 11.8. The predicted octanol–water partition coefficient (Wildman–Crippen LogP) is 2.26. The van der Waals surface area contributed by atoms with Gasteiger partial charge in [-0.25, -0.2) is 0 Å². The van der Waals surface area contributed by atoms with E-state index >= 15 is 0 Å². The predicted molar refractivity (Wildman–Crippen MR) is 72.9 cm³/mol. The van der Waals surface area contributed by atoms with Gasteiger partial charge in [0.05, 0.1) is 6.54 Å². The van der Waals surface area contributed by atoms with Gasteiger partial charge in [-0.05, 0) is 31.7 Å². The minimum absolute atomic E-state index is 0.905. The van der Waals surface area contributed by atoms with Crippen LogP contribution in [0.15, 0.2) is 0 Å². The van der Waals surface area contributed by atoms with E-state index in [9.17, 15) is 0 Å². The smallest absolute Gasteiger partial charge is 0.0602 e. The van der Waals surface area contributed by atoms with Crippen molar-refractivity contribution >= 4 is 0 Å². The van der Waals surface area contributed by atoms with E-state index in [1.807, 2.05) is 0 Å². The van der Waals surface area contributed by atoms with Gasteiger partial charge in [0.2, 0.25) is 0 Å². The maximum Gasteiger partial charge on any atom is 0.0602 e. The normalized spacial score (nSPS) is 23.8. The van der Waals surface area contributed by atoms with Crippen molar-refractivity contribution in [3.8, 4) is 11.8 Å². The van der Waals surface area contributed by atoms with E-state index < -0.39 is 0 Å². The van der Waals surface area contributed by atoms with Crippen molar-refractivity contribution in [2.24, 2.45) is 5.92 Å². The molecule has 17 heavy (non-hydrogen) atoms. The fourth-order valence-electron chi connectivity index (χ4n) is 2.84. The van der Waals surface area contributed by atoms with Crippen LogP contribution in [0.25, 0.3) is 0 Å². The van der Waals surface area contributed by atoms with E-state index in [1.165, 1.54) is 51.6 Å². The van der Waals surface area contributed by atoms with Crippen LogP contribution in [0.1, 0.15) is 44.9 Å². The Morgan fingerprint density at radius 1 is 0.941 bits per heavy atom. The van der Waals surface area contributed by atoms with Crippen molar-refractivity contribution in [3.05, 3.63) is 0 Å². The van der Waals surface area contributed by atoms with Gasteiger partial charge in [-0.15, -0.1) is 5.92 Å². The zero-order valence-corrected chi connectivity index (χ0v) is 11.0. The highest BCUT2D eigenvalue weighted by Crippen LogP contribution is 2.25. The van der Waals surface area contributed by atoms with Crippen molar-refractivity contribution in [1.29, 1.82) is 0 Å². The van der Waals surface area contributed by atoms with Crippen LogP contribution in [0.2, 0.25) is 0 Å². The van der Waals surface area contributed by atoms with Crippen molar-refractivity contribution in [2.45, 2.75) is 44.9 Å². The van der Waals surface area contributed by atoms with E-state index in [1.54, 1.807) is 0 Å². The molecular formula is C15H26N2. The van der Waals surface area contributed by atoms with Crippen LogP contribution in [-0.2, 0) is 0 Å². The van der Waals surface area contributed by atoms with Gasteiger partial charge < -0.3 is 5.32 Å². The lowest BCUT2D eigenvalue weighted by molar-refractivity contribution is 0.328. The van der Waals surface area contributed by atoms with Crippen molar-refractivity contribution < 1.29 is 0 Å². The minimum Gasteiger partial charge on any atom is -0.315 e. The van der Waals surface area contributed by atoms with Crippen LogP contribution < -0.4 is 5.32 Å². The summed E-state index contributed by atoms with van der Waals surface area (Å²) in [6.07, 6.45) is 9.57. The molecule has 0 aromatic carbocycles. The molecule has 1 heterocycles. The third-order valence-electron chi connectivity index (χ3n) is 3.98. The number of hydrogen-bond donors (Lipinski definition) is 1. The first-order chi connectivity index (χ1) is 8.45. The lowest BCUT2D eigenvalue weighted by Crippen LogP contribution is -2.28. The summed E-state index contributed by atoms with van der Waals surface area (Å²) in [4.78, 5) is 2.48. The monoisotopic (exact) mass is 234 g/mol. The third kappa shape index (κ3) is 5.10. The first kappa shape index (κ1) is 12.9. The first-order valence-corrected chi connectivity index (χ1v) is 7.34. The molecule has 2 nitrogen and oxygen atoms in total. The summed E-state index contributed by atoms with van der Waals surface area (Å²) in [6.45, 7) is 5.66. The standard InChI is InChI=1S/C15H26N2/c1-2-7-15(8-3-1)9-4-5-12-17-13-6-10-16-11-14-17/h15-16H,1-3,6-14H2. The molecule has 1 aliphatic heterocycles. The number of nitrogens with zero attached hydrogens (tertiary/aromatic N) is 1. The second-order valence-electron chi connectivity index (χ2n) is 5.44. The molecule has 1 aliphatic carbocycles. The number of rotatable bonds is 2. The quantitative estimate of drug-likeness (QED) is 0.737. The molecule has 2 fully saturated rings. The van der Waals surface area contributed by atoms with Gasteiger partial charge in [0.1, 0.15) is 0 Å². The Morgan fingerprint density at radius 2 is 1.82 bits per heavy atom. The van der Waals surface area contributed by atoms with Crippen LogP contribution in [0.5, 0.6) is 0 Å². The van der Waals surface area contributed by atoms with E-state index in [4.69, 9.17) is 0 Å². The zero-order valence-electron chi connectivity index (χ0n) is 11.0. The molecule has 1 saturated heterocycles. The van der Waals surface area contributed by atoms with Crippen molar-refractivity contribution in [1.82, 2.24) is 10.2 Å². The van der Waals surface area contributed by atoms with Gasteiger partial charge in [0, 0.05) is 26.1 Å². The highest BCUT2D eigenvalue weighted by Gasteiger charge is 2.11. The highest BCUT2D eigenvalue weighted by atomic mass is 15.1. The molecule has 2 aliphatic rings. The number of hydrogen-bond acceptors (Lipinski definition) is 2. The molecule has 0 radical (unpaired) electrons. The summed E-state index contributed by atoms with van der Waals surface area (Å²) in [5.74, 6) is 7.69. The van der Waals surface area contributed by atoms with Crippen LogP contribution >= 0.6 is 0 Å². The van der Waals surface area contributed by atoms with Gasteiger partial charge in [-0.1, -0.05) is 25.2 Å². The maximum atomic E-state index is 3.43. The fraction of sp³-hybridized carbons (Fsp3) is 0.867. The Labute approximate surface area is 106 Å².